The van der Waals surface area contributed by atoms with Gasteiger partial charge in [0.2, 0.25) is 0 Å². The molecule has 0 aliphatic heterocycles. The summed E-state index contributed by atoms with van der Waals surface area (Å²) in [5.41, 5.74) is 0.710. The van der Waals surface area contributed by atoms with E-state index in [2.05, 4.69) is 4.98 Å². The van der Waals surface area contributed by atoms with E-state index in [4.69, 9.17) is 11.6 Å². The fourth-order valence-corrected chi connectivity index (χ4v) is 1.32. The number of aromatic nitrogens is 1. The van der Waals surface area contributed by atoms with Crippen LogP contribution in [0.2, 0.25) is 5.15 Å². The van der Waals surface area contributed by atoms with Gasteiger partial charge in [0.15, 0.2) is 0 Å². The lowest BCUT2D eigenvalue weighted by molar-refractivity contribution is -0.114. The van der Waals surface area contributed by atoms with E-state index in [1.807, 2.05) is 19.9 Å². The molecular formula is C10H12ClNO. The predicted molar refractivity (Wildman–Crippen MR) is 52.8 cm³/mol. The molecule has 13 heavy (non-hydrogen) atoms. The monoisotopic (exact) mass is 197 g/mol. The lowest BCUT2D eigenvalue weighted by Gasteiger charge is -2.16. The summed E-state index contributed by atoms with van der Waals surface area (Å²) in [7, 11) is 0. The SMILES string of the molecule is CC(C)(C=O)Cc1ccnc(Cl)c1. The fraction of sp³-hybridized carbons (Fsp3) is 0.400. The van der Waals surface area contributed by atoms with Crippen LogP contribution in [-0.4, -0.2) is 11.3 Å². The molecule has 0 aliphatic carbocycles. The van der Waals surface area contributed by atoms with Crippen molar-refractivity contribution in [2.45, 2.75) is 20.3 Å². The molecule has 1 rings (SSSR count). The third-order valence-electron chi connectivity index (χ3n) is 1.77. The third kappa shape index (κ3) is 3.15. The number of carbonyl (C=O) groups is 1. The molecule has 1 aromatic heterocycles. The molecule has 0 unspecified atom stereocenters. The molecule has 0 spiro atoms. The molecule has 0 aliphatic rings. The van der Waals surface area contributed by atoms with Crippen LogP contribution in [0.25, 0.3) is 0 Å². The first-order valence-corrected chi connectivity index (χ1v) is 4.48. The van der Waals surface area contributed by atoms with Crippen LogP contribution >= 0.6 is 11.6 Å². The Bertz CT molecular complexity index is 310. The molecule has 0 aromatic carbocycles. The first-order valence-electron chi connectivity index (χ1n) is 4.10. The van der Waals surface area contributed by atoms with Crippen molar-refractivity contribution in [3.05, 3.63) is 29.0 Å². The Labute approximate surface area is 82.9 Å². The van der Waals surface area contributed by atoms with Crippen LogP contribution < -0.4 is 0 Å². The number of rotatable bonds is 3. The summed E-state index contributed by atoms with van der Waals surface area (Å²) in [4.78, 5) is 14.5. The van der Waals surface area contributed by atoms with Gasteiger partial charge in [0, 0.05) is 11.6 Å². The quantitative estimate of drug-likeness (QED) is 0.551. The Balaban J connectivity index is 2.80. The van der Waals surface area contributed by atoms with Crippen molar-refractivity contribution in [1.82, 2.24) is 4.98 Å². The summed E-state index contributed by atoms with van der Waals surface area (Å²) < 4.78 is 0. The third-order valence-corrected chi connectivity index (χ3v) is 1.98. The summed E-state index contributed by atoms with van der Waals surface area (Å²) in [5, 5.41) is 0.471. The second kappa shape index (κ2) is 3.88. The van der Waals surface area contributed by atoms with Gasteiger partial charge in [-0.3, -0.25) is 0 Å². The van der Waals surface area contributed by atoms with Crippen LogP contribution in [0.1, 0.15) is 19.4 Å². The van der Waals surface area contributed by atoms with Crippen LogP contribution in [0, 0.1) is 5.41 Å². The van der Waals surface area contributed by atoms with Gasteiger partial charge in [0.25, 0.3) is 0 Å². The van der Waals surface area contributed by atoms with E-state index < -0.39 is 0 Å². The van der Waals surface area contributed by atoms with Crippen LogP contribution in [0.3, 0.4) is 0 Å². The maximum absolute atomic E-state index is 10.7. The lowest BCUT2D eigenvalue weighted by Crippen LogP contribution is -2.16. The molecule has 0 bridgehead atoms. The number of hydrogen-bond acceptors (Lipinski definition) is 2. The number of nitrogens with zero attached hydrogens (tertiary/aromatic N) is 1. The molecule has 3 heteroatoms. The first-order chi connectivity index (χ1) is 6.03. The van der Waals surface area contributed by atoms with E-state index in [0.717, 1.165) is 11.8 Å². The fourth-order valence-electron chi connectivity index (χ4n) is 1.12. The van der Waals surface area contributed by atoms with Crippen LogP contribution in [0.5, 0.6) is 0 Å². The minimum absolute atomic E-state index is 0.329. The summed E-state index contributed by atoms with van der Waals surface area (Å²) >= 11 is 5.72. The standard InChI is InChI=1S/C10H12ClNO/c1-10(2,7-13)6-8-3-4-12-9(11)5-8/h3-5,7H,6H2,1-2H3. The summed E-state index contributed by atoms with van der Waals surface area (Å²) in [6.07, 6.45) is 3.30. The average molecular weight is 198 g/mol. The van der Waals surface area contributed by atoms with Crippen LogP contribution in [0.4, 0.5) is 0 Å². The van der Waals surface area contributed by atoms with Crippen molar-refractivity contribution < 1.29 is 4.79 Å². The highest BCUT2D eigenvalue weighted by Crippen LogP contribution is 2.19. The molecule has 1 aromatic rings. The molecule has 0 saturated carbocycles. The molecule has 0 N–H and O–H groups in total. The van der Waals surface area contributed by atoms with E-state index in [1.165, 1.54) is 0 Å². The summed E-state index contributed by atoms with van der Waals surface area (Å²) in [6, 6.07) is 3.66. The number of halogens is 1. The van der Waals surface area contributed by atoms with Crippen molar-refractivity contribution in [3.8, 4) is 0 Å². The highest BCUT2D eigenvalue weighted by molar-refractivity contribution is 6.29. The average Bonchev–Trinajstić information content (AvgIpc) is 2.03. The number of pyridine rings is 1. The smallest absolute Gasteiger partial charge is 0.129 e. The van der Waals surface area contributed by atoms with Gasteiger partial charge < -0.3 is 4.79 Å². The Hall–Kier alpha value is -0.890. The van der Waals surface area contributed by atoms with E-state index in [9.17, 15) is 4.79 Å². The zero-order chi connectivity index (χ0) is 9.90. The number of hydrogen-bond donors (Lipinski definition) is 0. The topological polar surface area (TPSA) is 30.0 Å². The van der Waals surface area contributed by atoms with Crippen LogP contribution in [0.15, 0.2) is 18.3 Å². The Morgan fingerprint density at radius 3 is 2.85 bits per heavy atom. The van der Waals surface area contributed by atoms with Gasteiger partial charge in [-0.1, -0.05) is 25.4 Å². The van der Waals surface area contributed by atoms with Gasteiger partial charge in [-0.25, -0.2) is 4.98 Å². The van der Waals surface area contributed by atoms with Crippen molar-refractivity contribution in [2.75, 3.05) is 0 Å². The molecule has 0 amide bonds. The van der Waals surface area contributed by atoms with Crippen molar-refractivity contribution >= 4 is 17.9 Å². The van der Waals surface area contributed by atoms with Crippen LogP contribution in [-0.2, 0) is 11.2 Å². The number of carbonyl (C=O) groups excluding carboxylic acids is 1. The van der Waals surface area contributed by atoms with Gasteiger partial charge in [-0.05, 0) is 24.1 Å². The Morgan fingerprint density at radius 1 is 1.62 bits per heavy atom. The molecule has 0 fully saturated rings. The van der Waals surface area contributed by atoms with Gasteiger partial charge in [0.1, 0.15) is 11.4 Å². The Morgan fingerprint density at radius 2 is 2.31 bits per heavy atom. The molecule has 0 saturated heterocycles. The van der Waals surface area contributed by atoms with Gasteiger partial charge in [-0.15, -0.1) is 0 Å². The first kappa shape index (κ1) is 10.2. The van der Waals surface area contributed by atoms with Gasteiger partial charge in [-0.2, -0.15) is 0 Å². The molecule has 70 valence electrons. The second-order valence-corrected chi connectivity index (χ2v) is 4.16. The zero-order valence-corrected chi connectivity index (χ0v) is 8.51. The minimum atomic E-state index is -0.329. The number of aldehydes is 1. The maximum atomic E-state index is 10.7. The Kier molecular flexibility index (Phi) is 3.04. The van der Waals surface area contributed by atoms with Gasteiger partial charge in [0.05, 0.1) is 0 Å². The molecule has 1 heterocycles. The molecule has 0 radical (unpaired) electrons. The molecular weight excluding hydrogens is 186 g/mol. The minimum Gasteiger partial charge on any atom is -0.303 e. The summed E-state index contributed by atoms with van der Waals surface area (Å²) in [5.74, 6) is 0. The normalized spacial score (nSPS) is 11.3. The van der Waals surface area contributed by atoms with E-state index in [0.29, 0.717) is 11.6 Å². The molecule has 0 atom stereocenters. The van der Waals surface area contributed by atoms with Crippen molar-refractivity contribution in [1.29, 1.82) is 0 Å². The lowest BCUT2D eigenvalue weighted by atomic mass is 9.88. The largest absolute Gasteiger partial charge is 0.303 e. The summed E-state index contributed by atoms with van der Waals surface area (Å²) in [6.45, 7) is 3.79. The maximum Gasteiger partial charge on any atom is 0.129 e. The molecule has 2 nitrogen and oxygen atoms in total. The highest BCUT2D eigenvalue weighted by Gasteiger charge is 2.16. The van der Waals surface area contributed by atoms with Crippen molar-refractivity contribution in [2.24, 2.45) is 5.41 Å². The highest BCUT2D eigenvalue weighted by atomic mass is 35.5. The zero-order valence-electron chi connectivity index (χ0n) is 7.75. The van der Waals surface area contributed by atoms with Crippen molar-refractivity contribution in [3.63, 3.8) is 0 Å². The van der Waals surface area contributed by atoms with E-state index >= 15 is 0 Å². The predicted octanol–water partition coefficient (Wildman–Crippen LogP) is 2.50. The van der Waals surface area contributed by atoms with Gasteiger partial charge >= 0.3 is 0 Å². The van der Waals surface area contributed by atoms with E-state index in [1.54, 1.807) is 12.3 Å². The second-order valence-electron chi connectivity index (χ2n) is 3.77. The van der Waals surface area contributed by atoms with E-state index in [-0.39, 0.29) is 5.41 Å².